The Hall–Kier alpha value is -2.87. The maximum atomic E-state index is 13.3. The number of nitrogens with one attached hydrogen (secondary N) is 2. The third-order valence-corrected chi connectivity index (χ3v) is 6.24. The molecule has 2 aromatic rings. The van der Waals surface area contributed by atoms with E-state index in [0.29, 0.717) is 4.68 Å². The number of ether oxygens (including phenoxy) is 2. The van der Waals surface area contributed by atoms with Crippen molar-refractivity contribution >= 4 is 13.7 Å². The zero-order valence-corrected chi connectivity index (χ0v) is 18.5. The van der Waals surface area contributed by atoms with Crippen LogP contribution in [0.4, 0.5) is 0 Å². The number of hydrogen-bond acceptors (Lipinski definition) is 11. The van der Waals surface area contributed by atoms with Crippen molar-refractivity contribution < 1.29 is 38.1 Å². The quantitative estimate of drug-likeness (QED) is 0.248. The lowest BCUT2D eigenvalue weighted by atomic mass is 10.1. The van der Waals surface area contributed by atoms with Crippen LogP contribution in [0.3, 0.4) is 0 Å². The molecule has 0 bridgehead atoms. The number of esters is 1. The van der Waals surface area contributed by atoms with Gasteiger partial charge in [0, 0.05) is 0 Å². The molecule has 6 atom stereocenters. The molecular formula is C18H23N4O10P. The van der Waals surface area contributed by atoms with Crippen molar-refractivity contribution in [2.75, 3.05) is 13.7 Å². The number of H-pyrrole nitrogens is 1. The second-order valence-electron chi connectivity index (χ2n) is 7.00. The Morgan fingerprint density at radius 1 is 1.30 bits per heavy atom. The molecule has 0 radical (unpaired) electrons. The highest BCUT2D eigenvalue weighted by Gasteiger charge is 2.46. The Kier molecular flexibility index (Phi) is 7.79. The van der Waals surface area contributed by atoms with Gasteiger partial charge in [0.2, 0.25) is 0 Å². The van der Waals surface area contributed by atoms with E-state index in [9.17, 15) is 29.2 Å². The van der Waals surface area contributed by atoms with Crippen LogP contribution in [-0.2, 0) is 23.4 Å². The number of aliphatic hydroxyl groups is 2. The van der Waals surface area contributed by atoms with Gasteiger partial charge in [0.1, 0.15) is 36.3 Å². The minimum Gasteiger partial charge on any atom is -0.468 e. The van der Waals surface area contributed by atoms with E-state index < -0.39 is 62.2 Å². The highest BCUT2D eigenvalue weighted by molar-refractivity contribution is 7.52. The molecule has 3 rings (SSSR count). The van der Waals surface area contributed by atoms with E-state index in [1.165, 1.54) is 19.1 Å². The molecule has 4 N–H and O–H groups in total. The molecule has 2 heterocycles. The van der Waals surface area contributed by atoms with Crippen molar-refractivity contribution in [3.63, 3.8) is 0 Å². The van der Waals surface area contributed by atoms with Crippen LogP contribution in [-0.4, -0.2) is 69.0 Å². The molecule has 1 aliphatic heterocycles. The topological polar surface area (TPSA) is 191 Å². The molecule has 0 spiro atoms. The Morgan fingerprint density at radius 2 is 2.00 bits per heavy atom. The van der Waals surface area contributed by atoms with E-state index in [0.717, 1.165) is 13.3 Å². The van der Waals surface area contributed by atoms with E-state index in [-0.39, 0.29) is 5.75 Å². The Bertz CT molecular complexity index is 1120. The molecule has 1 aromatic carbocycles. The summed E-state index contributed by atoms with van der Waals surface area (Å²) in [6.07, 6.45) is -5.11. The molecule has 1 aliphatic rings. The number of benzene rings is 1. The zero-order valence-electron chi connectivity index (χ0n) is 17.6. The van der Waals surface area contributed by atoms with Gasteiger partial charge in [0.05, 0.1) is 13.7 Å². The fourth-order valence-electron chi connectivity index (χ4n) is 2.96. The second kappa shape index (κ2) is 10.4. The first-order valence-corrected chi connectivity index (χ1v) is 11.2. The molecular weight excluding hydrogens is 463 g/mol. The number of aromatic amines is 1. The van der Waals surface area contributed by atoms with Gasteiger partial charge in [-0.1, -0.05) is 18.2 Å². The van der Waals surface area contributed by atoms with Crippen LogP contribution >= 0.6 is 7.75 Å². The lowest BCUT2D eigenvalue weighted by Crippen LogP contribution is -2.39. The summed E-state index contributed by atoms with van der Waals surface area (Å²) in [7, 11) is -3.07. The number of methoxy groups -OCH3 is 1. The molecule has 0 amide bonds. The van der Waals surface area contributed by atoms with Crippen LogP contribution < -0.4 is 20.9 Å². The molecule has 15 heteroatoms. The van der Waals surface area contributed by atoms with Gasteiger partial charge in [-0.05, 0) is 19.1 Å². The van der Waals surface area contributed by atoms with Crippen molar-refractivity contribution in [3.05, 3.63) is 57.4 Å². The smallest absolute Gasteiger partial charge is 0.459 e. The second-order valence-corrected chi connectivity index (χ2v) is 8.70. The minimum absolute atomic E-state index is 0.167. The molecule has 1 saturated heterocycles. The van der Waals surface area contributed by atoms with Crippen LogP contribution in [0.1, 0.15) is 13.2 Å². The number of aromatic nitrogens is 3. The maximum absolute atomic E-state index is 13.3. The summed E-state index contributed by atoms with van der Waals surface area (Å²) in [5, 5.41) is 26.6. The molecule has 14 nitrogen and oxygen atoms in total. The average molecular weight is 486 g/mol. The number of aliphatic hydroxyl groups excluding tert-OH is 2. The molecule has 0 aliphatic carbocycles. The number of para-hydroxylation sites is 1. The monoisotopic (exact) mass is 486 g/mol. The number of rotatable bonds is 9. The first kappa shape index (κ1) is 24.8. The normalized spacial score (nSPS) is 25.2. The van der Waals surface area contributed by atoms with E-state index in [1.807, 2.05) is 4.98 Å². The molecule has 180 valence electrons. The van der Waals surface area contributed by atoms with Gasteiger partial charge in [0.15, 0.2) is 6.23 Å². The predicted molar refractivity (Wildman–Crippen MR) is 110 cm³/mol. The maximum Gasteiger partial charge on any atom is 0.459 e. The predicted octanol–water partition coefficient (Wildman–Crippen LogP) is -1.09. The van der Waals surface area contributed by atoms with Crippen molar-refractivity contribution in [3.8, 4) is 5.75 Å². The summed E-state index contributed by atoms with van der Waals surface area (Å²) in [6, 6.07) is 6.90. The fourth-order valence-corrected chi connectivity index (χ4v) is 4.46. The standard InChI is InChI=1S/C18H23N4O10P/c1-10(17(26)29-2)21-33(28,32-11-6-4-3-5-7-11)30-9-12-14(24)15(25)16(31-12)22-18(27)20-13(23)8-19-22/h3-8,10,12,14-16,24-25H,9H2,1-2H3,(H,21,28)(H,20,23,27)/t10-,12+,14-,15-,16+,33?/m0/s1. The summed E-state index contributed by atoms with van der Waals surface area (Å²) in [5.41, 5.74) is -1.72. The Labute approximate surface area is 186 Å². The van der Waals surface area contributed by atoms with Gasteiger partial charge in [-0.25, -0.2) is 9.36 Å². The van der Waals surface area contributed by atoms with Crippen molar-refractivity contribution in [2.45, 2.75) is 37.5 Å². The van der Waals surface area contributed by atoms with Crippen LogP contribution in [0.5, 0.6) is 5.75 Å². The largest absolute Gasteiger partial charge is 0.468 e. The summed E-state index contributed by atoms with van der Waals surface area (Å²) in [6.45, 7) is 0.809. The number of hydrogen-bond donors (Lipinski definition) is 4. The highest BCUT2D eigenvalue weighted by Crippen LogP contribution is 2.45. The van der Waals surface area contributed by atoms with Gasteiger partial charge in [0.25, 0.3) is 5.56 Å². The van der Waals surface area contributed by atoms with Crippen molar-refractivity contribution in [1.29, 1.82) is 0 Å². The van der Waals surface area contributed by atoms with E-state index in [1.54, 1.807) is 18.2 Å². The molecule has 1 aromatic heterocycles. The third-order valence-electron chi connectivity index (χ3n) is 4.60. The number of carbonyl (C=O) groups excluding carboxylic acids is 1. The minimum atomic E-state index is -4.23. The Morgan fingerprint density at radius 3 is 2.64 bits per heavy atom. The lowest BCUT2D eigenvalue weighted by molar-refractivity contribution is -0.142. The van der Waals surface area contributed by atoms with Gasteiger partial charge < -0.3 is 24.2 Å². The van der Waals surface area contributed by atoms with E-state index >= 15 is 0 Å². The van der Waals surface area contributed by atoms with E-state index in [2.05, 4.69) is 14.9 Å². The van der Waals surface area contributed by atoms with Crippen LogP contribution in [0.2, 0.25) is 0 Å². The van der Waals surface area contributed by atoms with Crippen LogP contribution in [0, 0.1) is 0 Å². The SMILES string of the molecule is COC(=O)[C@H](C)NP(=O)(OC[C@H]1O[C@@H](n2ncc(=O)[nH]c2=O)[C@@H](O)[C@H]1O)Oc1ccccc1. The van der Waals surface area contributed by atoms with Crippen molar-refractivity contribution in [2.24, 2.45) is 0 Å². The molecule has 33 heavy (non-hydrogen) atoms. The summed E-state index contributed by atoms with van der Waals surface area (Å²) in [4.78, 5) is 36.9. The first-order chi connectivity index (χ1) is 15.6. The average Bonchev–Trinajstić information content (AvgIpc) is 3.06. The first-order valence-electron chi connectivity index (χ1n) is 9.68. The van der Waals surface area contributed by atoms with Gasteiger partial charge in [-0.3, -0.25) is 19.1 Å². The summed E-state index contributed by atoms with van der Waals surface area (Å²) in [5.74, 6) is -0.563. The molecule has 1 unspecified atom stereocenters. The lowest BCUT2D eigenvalue weighted by Gasteiger charge is -2.24. The van der Waals surface area contributed by atoms with Gasteiger partial charge in [-0.2, -0.15) is 14.9 Å². The van der Waals surface area contributed by atoms with Crippen molar-refractivity contribution in [1.82, 2.24) is 19.9 Å². The van der Waals surface area contributed by atoms with Gasteiger partial charge in [-0.15, -0.1) is 0 Å². The third kappa shape index (κ3) is 5.93. The highest BCUT2D eigenvalue weighted by atomic mass is 31.2. The van der Waals surface area contributed by atoms with Gasteiger partial charge >= 0.3 is 19.4 Å². The number of carbonyl (C=O) groups is 1. The summed E-state index contributed by atoms with van der Waals surface area (Å²) < 4.78 is 34.9. The van der Waals surface area contributed by atoms with Crippen LogP contribution in [0.25, 0.3) is 0 Å². The van der Waals surface area contributed by atoms with Crippen LogP contribution in [0.15, 0.2) is 46.1 Å². The van der Waals surface area contributed by atoms with E-state index in [4.69, 9.17) is 13.8 Å². The molecule has 0 saturated carbocycles. The zero-order chi connectivity index (χ0) is 24.2. The fraction of sp³-hybridized carbons (Fsp3) is 0.444. The summed E-state index contributed by atoms with van der Waals surface area (Å²) >= 11 is 0. The molecule has 1 fully saturated rings. The Balaban J connectivity index is 1.76. The number of nitrogens with zero attached hydrogens (tertiary/aromatic N) is 2.